The number of aliphatic hydroxyl groups is 1. The standard InChI is InChI=1S/C18H20F4N4O3S2/c1-8-13(9-5-4-6-11(9)24-14(8)18(20,21)22)25-16(27)26-31(23,29)15-10(19)7-12(30-15)17(2,3)28/h7,28H,4-6H2,1-3H3,(H3,23,24,25,26,27,29)/t31-/m0/s1. The van der Waals surface area contributed by atoms with Gasteiger partial charge in [0, 0.05) is 16.1 Å². The minimum atomic E-state index is -4.73. The van der Waals surface area contributed by atoms with Crippen molar-refractivity contribution in [3.05, 3.63) is 39.3 Å². The molecule has 3 rings (SSSR count). The smallest absolute Gasteiger partial charge is 0.385 e. The van der Waals surface area contributed by atoms with E-state index in [2.05, 4.69) is 14.7 Å². The van der Waals surface area contributed by atoms with E-state index in [1.54, 1.807) is 0 Å². The molecule has 1 aliphatic rings. The Bertz CT molecular complexity index is 1180. The number of aromatic nitrogens is 1. The molecule has 2 heterocycles. The van der Waals surface area contributed by atoms with E-state index in [4.69, 9.17) is 5.14 Å². The first-order valence-electron chi connectivity index (χ1n) is 9.09. The highest BCUT2D eigenvalue weighted by Crippen LogP contribution is 2.39. The molecule has 0 fully saturated rings. The molecule has 2 aromatic rings. The van der Waals surface area contributed by atoms with E-state index >= 15 is 0 Å². The number of fused-ring (bicyclic) bond motifs is 1. The molecule has 2 amide bonds. The Balaban J connectivity index is 2.01. The van der Waals surface area contributed by atoms with E-state index in [0.717, 1.165) is 6.07 Å². The lowest BCUT2D eigenvalue weighted by atomic mass is 10.1. The third-order valence-electron chi connectivity index (χ3n) is 4.71. The summed E-state index contributed by atoms with van der Waals surface area (Å²) in [5.74, 6) is -1.01. The fourth-order valence-corrected chi connectivity index (χ4v) is 5.62. The molecule has 0 aromatic carbocycles. The Morgan fingerprint density at radius 3 is 2.55 bits per heavy atom. The molecule has 0 bridgehead atoms. The highest BCUT2D eigenvalue weighted by Gasteiger charge is 2.38. The zero-order valence-electron chi connectivity index (χ0n) is 16.8. The Labute approximate surface area is 180 Å². The predicted octanol–water partition coefficient (Wildman–Crippen LogP) is 4.26. The maximum atomic E-state index is 14.3. The van der Waals surface area contributed by atoms with E-state index in [1.807, 2.05) is 0 Å². The number of hydrogen-bond donors (Lipinski definition) is 3. The second kappa shape index (κ2) is 7.80. The molecule has 13 heteroatoms. The van der Waals surface area contributed by atoms with Crippen LogP contribution in [-0.4, -0.2) is 20.3 Å². The first-order chi connectivity index (χ1) is 14.1. The zero-order valence-corrected chi connectivity index (χ0v) is 18.4. The van der Waals surface area contributed by atoms with Crippen LogP contribution >= 0.6 is 11.3 Å². The van der Waals surface area contributed by atoms with Crippen molar-refractivity contribution in [2.45, 2.75) is 56.0 Å². The molecule has 0 saturated carbocycles. The van der Waals surface area contributed by atoms with Crippen molar-refractivity contribution in [1.82, 2.24) is 4.98 Å². The molecule has 0 spiro atoms. The van der Waals surface area contributed by atoms with Gasteiger partial charge in [-0.3, -0.25) is 0 Å². The van der Waals surface area contributed by atoms with Crippen molar-refractivity contribution in [3.63, 3.8) is 0 Å². The molecular formula is C18H20F4N4O3S2. The summed E-state index contributed by atoms with van der Waals surface area (Å²) in [4.78, 5) is 16.2. The van der Waals surface area contributed by atoms with Gasteiger partial charge in [-0.2, -0.15) is 13.2 Å². The number of nitrogens with zero attached hydrogens (tertiary/aromatic N) is 2. The molecule has 7 nitrogen and oxygen atoms in total. The predicted molar refractivity (Wildman–Crippen MR) is 108 cm³/mol. The third kappa shape index (κ3) is 4.73. The molecule has 1 aliphatic carbocycles. The van der Waals surface area contributed by atoms with E-state index in [1.165, 1.54) is 20.8 Å². The van der Waals surface area contributed by atoms with Gasteiger partial charge in [0.1, 0.15) is 5.69 Å². The number of urea groups is 1. The number of nitrogens with two attached hydrogens (primary N) is 1. The molecular weight excluding hydrogens is 460 g/mol. The van der Waals surface area contributed by atoms with E-state index in [-0.39, 0.29) is 21.8 Å². The van der Waals surface area contributed by atoms with Crippen LogP contribution in [0, 0.1) is 12.7 Å². The van der Waals surface area contributed by atoms with Crippen LogP contribution in [0.2, 0.25) is 0 Å². The topological polar surface area (TPSA) is 118 Å². The quantitative estimate of drug-likeness (QED) is 0.569. The van der Waals surface area contributed by atoms with Crippen molar-refractivity contribution in [2.24, 2.45) is 9.50 Å². The number of carbonyl (C=O) groups is 1. The van der Waals surface area contributed by atoms with Crippen molar-refractivity contribution in [1.29, 1.82) is 0 Å². The number of rotatable bonds is 3. The van der Waals surface area contributed by atoms with Gasteiger partial charge in [0.2, 0.25) is 0 Å². The summed E-state index contributed by atoms with van der Waals surface area (Å²) in [6, 6.07) is -0.336. The lowest BCUT2D eigenvalue weighted by Crippen LogP contribution is -2.20. The highest BCUT2D eigenvalue weighted by atomic mass is 32.2. The van der Waals surface area contributed by atoms with Crippen molar-refractivity contribution >= 4 is 33.0 Å². The summed E-state index contributed by atoms with van der Waals surface area (Å²) in [6.45, 7) is 3.93. The van der Waals surface area contributed by atoms with Crippen LogP contribution in [0.25, 0.3) is 0 Å². The second-order valence-corrected chi connectivity index (χ2v) is 10.7. The Morgan fingerprint density at radius 1 is 1.35 bits per heavy atom. The Kier molecular flexibility index (Phi) is 5.93. The molecule has 0 unspecified atom stereocenters. The molecule has 31 heavy (non-hydrogen) atoms. The molecule has 2 aromatic heterocycles. The van der Waals surface area contributed by atoms with Crippen LogP contribution in [-0.2, 0) is 34.5 Å². The summed E-state index contributed by atoms with van der Waals surface area (Å²) >= 11 is 0.593. The Hall–Kier alpha value is -2.09. The highest BCUT2D eigenvalue weighted by molar-refractivity contribution is 7.93. The molecule has 4 N–H and O–H groups in total. The van der Waals surface area contributed by atoms with Gasteiger partial charge >= 0.3 is 12.2 Å². The number of aryl methyl sites for hydroxylation is 1. The third-order valence-corrected chi connectivity index (χ3v) is 8.06. The van der Waals surface area contributed by atoms with Gasteiger partial charge in [0.25, 0.3) is 0 Å². The van der Waals surface area contributed by atoms with Crippen LogP contribution < -0.4 is 10.5 Å². The van der Waals surface area contributed by atoms with E-state index < -0.39 is 43.4 Å². The van der Waals surface area contributed by atoms with Crippen molar-refractivity contribution in [3.8, 4) is 0 Å². The van der Waals surface area contributed by atoms with Gasteiger partial charge in [-0.25, -0.2) is 23.5 Å². The maximum Gasteiger partial charge on any atom is 0.433 e. The van der Waals surface area contributed by atoms with E-state index in [9.17, 15) is 31.7 Å². The monoisotopic (exact) mass is 480 g/mol. The molecule has 170 valence electrons. The van der Waals surface area contributed by atoms with Gasteiger partial charge in [-0.1, -0.05) is 0 Å². The molecule has 1 atom stereocenters. The Morgan fingerprint density at radius 2 is 2.00 bits per heavy atom. The lowest BCUT2D eigenvalue weighted by molar-refractivity contribution is -0.141. The number of carbonyl (C=O) groups excluding carboxylic acids is 1. The number of thiophene rings is 1. The van der Waals surface area contributed by atoms with Crippen LogP contribution in [0.5, 0.6) is 0 Å². The molecule has 0 saturated heterocycles. The fourth-order valence-electron chi connectivity index (χ4n) is 3.28. The first kappa shape index (κ1) is 23.6. The van der Waals surface area contributed by atoms with Crippen LogP contribution in [0.15, 0.2) is 14.6 Å². The zero-order chi connectivity index (χ0) is 23.4. The van der Waals surface area contributed by atoms with Crippen LogP contribution in [0.3, 0.4) is 0 Å². The fraction of sp³-hybridized carbons (Fsp3) is 0.444. The number of alkyl halides is 3. The van der Waals surface area contributed by atoms with Crippen LogP contribution in [0.4, 0.5) is 28.0 Å². The minimum absolute atomic E-state index is 0.109. The van der Waals surface area contributed by atoms with Gasteiger partial charge in [0.15, 0.2) is 19.9 Å². The number of pyridine rings is 1. The maximum absolute atomic E-state index is 14.3. The summed E-state index contributed by atoms with van der Waals surface area (Å²) in [5, 5.41) is 17.8. The number of anilines is 1. The van der Waals surface area contributed by atoms with Gasteiger partial charge < -0.3 is 10.4 Å². The number of halogens is 4. The van der Waals surface area contributed by atoms with Gasteiger partial charge in [0.05, 0.1) is 11.3 Å². The number of amides is 2. The van der Waals surface area contributed by atoms with Crippen molar-refractivity contribution < 1.29 is 31.7 Å². The number of nitrogens with one attached hydrogen (secondary N) is 1. The van der Waals surface area contributed by atoms with Gasteiger partial charge in [-0.05, 0) is 51.7 Å². The van der Waals surface area contributed by atoms with Crippen LogP contribution in [0.1, 0.15) is 47.7 Å². The number of hydrogen-bond acceptors (Lipinski definition) is 5. The minimum Gasteiger partial charge on any atom is -0.385 e. The normalized spacial score (nSPS) is 16.0. The van der Waals surface area contributed by atoms with E-state index in [0.29, 0.717) is 36.2 Å². The molecule has 0 radical (unpaired) electrons. The average Bonchev–Trinajstić information content (AvgIpc) is 3.21. The van der Waals surface area contributed by atoms with Gasteiger partial charge in [-0.15, -0.1) is 15.7 Å². The largest absolute Gasteiger partial charge is 0.433 e. The SMILES string of the molecule is Cc1c(C(F)(F)F)nc2c(c1NC(=O)N=[S@](N)(=O)c1sc(C(C)(C)O)cc1F)CCC2. The summed E-state index contributed by atoms with van der Waals surface area (Å²) < 4.78 is 69.8. The first-order valence-corrected chi connectivity index (χ1v) is 11.5. The summed E-state index contributed by atoms with van der Waals surface area (Å²) in [6.07, 6.45) is -3.43. The lowest BCUT2D eigenvalue weighted by Gasteiger charge is -2.17. The van der Waals surface area contributed by atoms with Crippen molar-refractivity contribution in [2.75, 3.05) is 5.32 Å². The second-order valence-electron chi connectivity index (χ2n) is 7.63. The summed E-state index contributed by atoms with van der Waals surface area (Å²) in [7, 11) is -4.06. The molecule has 0 aliphatic heterocycles. The average molecular weight is 481 g/mol. The summed E-state index contributed by atoms with van der Waals surface area (Å²) in [5.41, 5.74) is -2.31.